The van der Waals surface area contributed by atoms with E-state index in [0.717, 1.165) is 19.3 Å². The Bertz CT molecular complexity index is 1630. The molecule has 15 heteroatoms. The second-order valence-electron chi connectivity index (χ2n) is 11.7. The summed E-state index contributed by atoms with van der Waals surface area (Å²) < 4.78 is 34.7. The zero-order chi connectivity index (χ0) is 32.5. The number of ether oxygens (including phenoxy) is 3. The van der Waals surface area contributed by atoms with E-state index in [2.05, 4.69) is 21.6 Å². The molecule has 45 heavy (non-hydrogen) atoms. The zero-order valence-electron chi connectivity index (χ0n) is 25.9. The quantitative estimate of drug-likeness (QED) is 0.0900. The number of nitrogens with zero attached hydrogens (tertiary/aromatic N) is 7. The number of anilines is 1. The molecule has 2 aliphatic heterocycles. The van der Waals surface area contributed by atoms with Crippen LogP contribution in [-0.2, 0) is 9.47 Å². The van der Waals surface area contributed by atoms with E-state index in [0.29, 0.717) is 65.9 Å². The number of carbonyl (C=O) groups excluding carboxylic acids is 1. The standard InChI is InChI=1S/C30H36Cl2FN7O4S/c1-17-24(36-28(45-6)37-26(17)38-10-12-39(13-11-38)29(41)44-30(3,4)5)27(35-18(2)31)43-25-19-16-34-40(22-9-7-8-14-42-22)21(19)15-20(33)23(25)32/h15-16,22H,2,7-14H2,1,3-6H3/b35-27+. The van der Waals surface area contributed by atoms with Gasteiger partial charge >= 0.3 is 6.09 Å². The largest absolute Gasteiger partial charge is 0.444 e. The van der Waals surface area contributed by atoms with Gasteiger partial charge in [0.2, 0.25) is 5.90 Å². The van der Waals surface area contributed by atoms with Gasteiger partial charge in [-0.1, -0.05) is 41.5 Å². The summed E-state index contributed by atoms with van der Waals surface area (Å²) in [6, 6.07) is 1.32. The summed E-state index contributed by atoms with van der Waals surface area (Å²) in [6.07, 6.45) is 5.43. The van der Waals surface area contributed by atoms with Crippen LogP contribution in [0.5, 0.6) is 5.75 Å². The average Bonchev–Trinajstić information content (AvgIpc) is 3.42. The van der Waals surface area contributed by atoms with Crippen LogP contribution in [-0.4, -0.2) is 81.3 Å². The van der Waals surface area contributed by atoms with E-state index in [9.17, 15) is 4.79 Å². The van der Waals surface area contributed by atoms with Gasteiger partial charge in [0.05, 0.1) is 17.1 Å². The fraction of sp³-hybridized carbons (Fsp3) is 0.500. The number of aliphatic imine (C=N–C) groups is 1. The number of rotatable bonds is 6. The molecule has 5 rings (SSSR count). The number of piperazine rings is 1. The van der Waals surface area contributed by atoms with Crippen molar-refractivity contribution in [3.05, 3.63) is 46.1 Å². The molecule has 2 aliphatic rings. The highest BCUT2D eigenvalue weighted by atomic mass is 35.5. The van der Waals surface area contributed by atoms with Crippen molar-refractivity contribution < 1.29 is 23.4 Å². The number of hydrogen-bond donors (Lipinski definition) is 0. The first-order valence-electron chi connectivity index (χ1n) is 14.6. The third kappa shape index (κ3) is 7.48. The normalized spacial score (nSPS) is 18.0. The van der Waals surface area contributed by atoms with Crippen LogP contribution in [0, 0.1) is 12.7 Å². The highest BCUT2D eigenvalue weighted by Gasteiger charge is 2.30. The molecule has 1 atom stereocenters. The maximum Gasteiger partial charge on any atom is 0.410 e. The molecule has 0 saturated carbocycles. The topological polar surface area (TPSA) is 107 Å². The number of carbonyl (C=O) groups is 1. The third-order valence-corrected chi connectivity index (χ3v) is 8.30. The summed E-state index contributed by atoms with van der Waals surface area (Å²) in [4.78, 5) is 30.2. The molecular formula is C30H36Cl2FN7O4S. The van der Waals surface area contributed by atoms with Crippen LogP contribution in [0.1, 0.15) is 57.5 Å². The van der Waals surface area contributed by atoms with Crippen molar-refractivity contribution >= 4 is 63.7 Å². The lowest BCUT2D eigenvalue weighted by Crippen LogP contribution is -2.50. The minimum atomic E-state index is -0.687. The molecule has 1 amide bonds. The van der Waals surface area contributed by atoms with Gasteiger partial charge in [-0.15, -0.1) is 0 Å². The fourth-order valence-electron chi connectivity index (χ4n) is 5.20. The molecule has 242 valence electrons. The lowest BCUT2D eigenvalue weighted by molar-refractivity contribution is -0.0366. The summed E-state index contributed by atoms with van der Waals surface area (Å²) in [6.45, 7) is 13.6. The minimum Gasteiger partial charge on any atom is -0.444 e. The van der Waals surface area contributed by atoms with Gasteiger partial charge in [0.25, 0.3) is 0 Å². The van der Waals surface area contributed by atoms with Gasteiger partial charge in [0.15, 0.2) is 17.1 Å². The van der Waals surface area contributed by atoms with Crippen molar-refractivity contribution in [3.8, 4) is 5.75 Å². The molecule has 0 bridgehead atoms. The summed E-state index contributed by atoms with van der Waals surface area (Å²) >= 11 is 14.0. The van der Waals surface area contributed by atoms with Crippen molar-refractivity contribution in [1.82, 2.24) is 24.6 Å². The van der Waals surface area contributed by atoms with Crippen LogP contribution in [0.2, 0.25) is 5.02 Å². The van der Waals surface area contributed by atoms with E-state index < -0.39 is 11.4 Å². The SMILES string of the molecule is C=C(Cl)/N=C(/Oc1c(Cl)c(F)cc2c1cnn2C1CCCCO1)c1nc(SC)nc(N2CCN(C(=O)OC(C)(C)C)CC2)c1C. The van der Waals surface area contributed by atoms with Crippen LogP contribution in [0.4, 0.5) is 15.0 Å². The maximum absolute atomic E-state index is 15.3. The molecule has 3 aromatic rings. The summed E-state index contributed by atoms with van der Waals surface area (Å²) in [5.74, 6) is -0.0631. The summed E-state index contributed by atoms with van der Waals surface area (Å²) in [7, 11) is 0. The van der Waals surface area contributed by atoms with E-state index in [1.165, 1.54) is 17.8 Å². The number of amides is 1. The van der Waals surface area contributed by atoms with Crippen molar-refractivity contribution in [2.45, 2.75) is 63.9 Å². The van der Waals surface area contributed by atoms with E-state index in [1.54, 1.807) is 15.8 Å². The van der Waals surface area contributed by atoms with E-state index in [-0.39, 0.29) is 34.1 Å². The van der Waals surface area contributed by atoms with Crippen LogP contribution in [0.15, 0.2) is 34.1 Å². The van der Waals surface area contributed by atoms with Crippen molar-refractivity contribution in [3.63, 3.8) is 0 Å². The predicted octanol–water partition coefficient (Wildman–Crippen LogP) is 6.94. The number of fused-ring (bicyclic) bond motifs is 1. The van der Waals surface area contributed by atoms with Gasteiger partial charge in [-0.05, 0) is 53.2 Å². The lowest BCUT2D eigenvalue weighted by atomic mass is 10.1. The van der Waals surface area contributed by atoms with Gasteiger partial charge in [0.1, 0.15) is 33.1 Å². The summed E-state index contributed by atoms with van der Waals surface area (Å²) in [5, 5.41) is 5.10. The number of thioether (sulfide) groups is 1. The molecule has 0 aliphatic carbocycles. The Balaban J connectivity index is 1.50. The molecule has 4 heterocycles. The molecule has 1 unspecified atom stereocenters. The molecule has 2 saturated heterocycles. The van der Waals surface area contributed by atoms with Gasteiger partial charge < -0.3 is 24.0 Å². The van der Waals surface area contributed by atoms with Crippen molar-refractivity contribution in [2.75, 3.05) is 43.9 Å². The maximum atomic E-state index is 15.3. The molecule has 0 N–H and O–H groups in total. The number of benzene rings is 1. The Kier molecular flexibility index (Phi) is 10.1. The first-order chi connectivity index (χ1) is 21.4. The molecule has 0 radical (unpaired) electrons. The van der Waals surface area contributed by atoms with Gasteiger partial charge in [-0.3, -0.25) is 0 Å². The smallest absolute Gasteiger partial charge is 0.410 e. The van der Waals surface area contributed by atoms with Crippen LogP contribution >= 0.6 is 35.0 Å². The number of hydrogen-bond acceptors (Lipinski definition) is 10. The predicted molar refractivity (Wildman–Crippen MR) is 174 cm³/mol. The molecule has 2 fully saturated rings. The van der Waals surface area contributed by atoms with Crippen LogP contribution in [0.3, 0.4) is 0 Å². The highest BCUT2D eigenvalue weighted by Crippen LogP contribution is 2.39. The third-order valence-electron chi connectivity index (χ3n) is 7.32. The Morgan fingerprint density at radius 1 is 1.22 bits per heavy atom. The second-order valence-corrected chi connectivity index (χ2v) is 13.3. The molecular weight excluding hydrogens is 644 g/mol. The first kappa shape index (κ1) is 33.2. The Morgan fingerprint density at radius 2 is 1.96 bits per heavy atom. The van der Waals surface area contributed by atoms with Gasteiger partial charge in [0, 0.05) is 44.4 Å². The Hall–Kier alpha value is -3.13. The molecule has 1 aromatic carbocycles. The van der Waals surface area contributed by atoms with Crippen molar-refractivity contribution in [1.29, 1.82) is 0 Å². The van der Waals surface area contributed by atoms with Crippen molar-refractivity contribution in [2.24, 2.45) is 4.99 Å². The minimum absolute atomic E-state index is 0.0154. The Morgan fingerprint density at radius 3 is 2.58 bits per heavy atom. The van der Waals surface area contributed by atoms with Gasteiger partial charge in [-0.2, -0.15) is 10.1 Å². The molecule has 2 aromatic heterocycles. The van der Waals surface area contributed by atoms with E-state index >= 15 is 4.39 Å². The monoisotopic (exact) mass is 679 g/mol. The summed E-state index contributed by atoms with van der Waals surface area (Å²) in [5.41, 5.74) is 0.860. The van der Waals surface area contributed by atoms with Crippen LogP contribution in [0.25, 0.3) is 10.9 Å². The van der Waals surface area contributed by atoms with Gasteiger partial charge in [-0.25, -0.2) is 23.8 Å². The average molecular weight is 681 g/mol. The number of aromatic nitrogens is 4. The van der Waals surface area contributed by atoms with Crippen LogP contribution < -0.4 is 9.64 Å². The van der Waals surface area contributed by atoms with E-state index in [4.69, 9.17) is 47.4 Å². The molecule has 11 nitrogen and oxygen atoms in total. The van der Waals surface area contributed by atoms with E-state index in [1.807, 2.05) is 34.0 Å². The molecule has 0 spiro atoms. The highest BCUT2D eigenvalue weighted by molar-refractivity contribution is 7.98. The second kappa shape index (κ2) is 13.7. The lowest BCUT2D eigenvalue weighted by Gasteiger charge is -2.36. The zero-order valence-corrected chi connectivity index (χ0v) is 28.2. The fourth-order valence-corrected chi connectivity index (χ4v) is 5.83. The Labute approximate surface area is 275 Å². The number of halogens is 3. The first-order valence-corrected chi connectivity index (χ1v) is 16.6.